The van der Waals surface area contributed by atoms with Crippen molar-refractivity contribution < 1.29 is 14.6 Å². The molecule has 6 nitrogen and oxygen atoms in total. The van der Waals surface area contributed by atoms with E-state index in [0.717, 1.165) is 17.9 Å². The minimum atomic E-state index is -0.799. The molecule has 2 aliphatic heterocycles. The van der Waals surface area contributed by atoms with Gasteiger partial charge in [-0.2, -0.15) is 0 Å². The number of hydrogen-bond acceptors (Lipinski definition) is 6. The molecule has 0 spiro atoms. The van der Waals surface area contributed by atoms with E-state index in [-0.39, 0.29) is 17.9 Å². The minimum Gasteiger partial charge on any atom is -0.393 e. The van der Waals surface area contributed by atoms with Gasteiger partial charge >= 0.3 is 0 Å². The van der Waals surface area contributed by atoms with E-state index in [0.29, 0.717) is 25.5 Å². The fourth-order valence-corrected chi connectivity index (χ4v) is 2.88. The van der Waals surface area contributed by atoms with Gasteiger partial charge in [0.15, 0.2) is 0 Å². The van der Waals surface area contributed by atoms with Gasteiger partial charge in [0.05, 0.1) is 38.2 Å². The number of rotatable bonds is 2. The molecule has 0 saturated carbocycles. The fourth-order valence-electron chi connectivity index (χ4n) is 2.72. The first-order valence-corrected chi connectivity index (χ1v) is 7.09. The molecule has 3 heterocycles. The van der Waals surface area contributed by atoms with E-state index in [1.807, 2.05) is 6.92 Å². The average molecular weight is 300 g/mol. The molecule has 3 rings (SSSR count). The minimum absolute atomic E-state index is 0.133. The summed E-state index contributed by atoms with van der Waals surface area (Å²) in [6.45, 7) is 6.25. The number of anilines is 1. The van der Waals surface area contributed by atoms with Crippen LogP contribution in [0.25, 0.3) is 0 Å². The Balaban J connectivity index is 2.07. The molecule has 1 saturated heterocycles. The Kier molecular flexibility index (Phi) is 3.58. The highest BCUT2D eigenvalue weighted by molar-refractivity contribution is 6.28. The van der Waals surface area contributed by atoms with E-state index in [2.05, 4.69) is 21.8 Å². The standard InChI is InChI=1S/C13H18ClN3O3/c1-8-5-19-4-3-17(8)11-9-6-20-13(2,7-18)10(9)15-12(14)16-11/h8,18H,3-7H2,1-2H3. The molecule has 1 aromatic heterocycles. The molecule has 7 heteroatoms. The van der Waals surface area contributed by atoms with E-state index in [1.165, 1.54) is 0 Å². The summed E-state index contributed by atoms with van der Waals surface area (Å²) in [5, 5.41) is 9.74. The Bertz CT molecular complexity index is 528. The Hall–Kier alpha value is -0.950. The van der Waals surface area contributed by atoms with Crippen LogP contribution in [-0.2, 0) is 21.7 Å². The largest absolute Gasteiger partial charge is 0.393 e. The van der Waals surface area contributed by atoms with Gasteiger partial charge in [0, 0.05) is 12.1 Å². The number of hydrogen-bond donors (Lipinski definition) is 1. The number of ether oxygens (including phenoxy) is 2. The van der Waals surface area contributed by atoms with E-state index >= 15 is 0 Å². The Labute approximate surface area is 122 Å². The Morgan fingerprint density at radius 1 is 1.50 bits per heavy atom. The van der Waals surface area contributed by atoms with E-state index < -0.39 is 5.60 Å². The lowest BCUT2D eigenvalue weighted by Crippen LogP contribution is -2.44. The van der Waals surface area contributed by atoms with Crippen molar-refractivity contribution in [2.24, 2.45) is 0 Å². The van der Waals surface area contributed by atoms with Crippen molar-refractivity contribution in [2.45, 2.75) is 32.1 Å². The van der Waals surface area contributed by atoms with Gasteiger partial charge < -0.3 is 19.5 Å². The number of fused-ring (bicyclic) bond motifs is 1. The number of aliphatic hydroxyl groups excluding tert-OH is 1. The molecule has 20 heavy (non-hydrogen) atoms. The molecule has 110 valence electrons. The van der Waals surface area contributed by atoms with Gasteiger partial charge in [-0.05, 0) is 25.4 Å². The molecule has 2 aliphatic rings. The number of aromatic nitrogens is 2. The predicted octanol–water partition coefficient (Wildman–Crippen LogP) is 1.09. The molecule has 0 bridgehead atoms. The second-order valence-electron chi connectivity index (χ2n) is 5.44. The van der Waals surface area contributed by atoms with Crippen molar-refractivity contribution in [2.75, 3.05) is 31.3 Å². The summed E-state index contributed by atoms with van der Waals surface area (Å²) in [5.74, 6) is 0.799. The van der Waals surface area contributed by atoms with Crippen LogP contribution < -0.4 is 4.90 Å². The van der Waals surface area contributed by atoms with Crippen LogP contribution in [0.5, 0.6) is 0 Å². The molecule has 0 amide bonds. The summed E-state index contributed by atoms with van der Waals surface area (Å²) in [7, 11) is 0. The molecule has 1 aromatic rings. The quantitative estimate of drug-likeness (QED) is 0.825. The van der Waals surface area contributed by atoms with Crippen LogP contribution in [0.2, 0.25) is 5.28 Å². The van der Waals surface area contributed by atoms with Gasteiger partial charge in [0.2, 0.25) is 5.28 Å². The van der Waals surface area contributed by atoms with Gasteiger partial charge in [0.1, 0.15) is 11.4 Å². The van der Waals surface area contributed by atoms with Crippen LogP contribution in [-0.4, -0.2) is 47.5 Å². The van der Waals surface area contributed by atoms with Gasteiger partial charge in [-0.1, -0.05) is 0 Å². The van der Waals surface area contributed by atoms with E-state index in [9.17, 15) is 5.11 Å². The van der Waals surface area contributed by atoms with Crippen LogP contribution in [0.1, 0.15) is 25.1 Å². The monoisotopic (exact) mass is 299 g/mol. The summed E-state index contributed by atoms with van der Waals surface area (Å²) in [6.07, 6.45) is 0. The zero-order valence-electron chi connectivity index (χ0n) is 11.6. The van der Waals surface area contributed by atoms with Crippen molar-refractivity contribution in [3.8, 4) is 0 Å². The van der Waals surface area contributed by atoms with Crippen molar-refractivity contribution in [3.63, 3.8) is 0 Å². The third-order valence-corrected chi connectivity index (χ3v) is 4.10. The molecule has 0 aliphatic carbocycles. The Morgan fingerprint density at radius 2 is 2.30 bits per heavy atom. The van der Waals surface area contributed by atoms with Crippen molar-refractivity contribution in [3.05, 3.63) is 16.5 Å². The molecule has 0 radical (unpaired) electrons. The summed E-state index contributed by atoms with van der Waals surface area (Å²) in [4.78, 5) is 10.8. The highest BCUT2D eigenvalue weighted by Gasteiger charge is 2.40. The third-order valence-electron chi connectivity index (χ3n) is 3.94. The van der Waals surface area contributed by atoms with Gasteiger partial charge in [-0.3, -0.25) is 0 Å². The van der Waals surface area contributed by atoms with Crippen LogP contribution in [0.3, 0.4) is 0 Å². The fraction of sp³-hybridized carbons (Fsp3) is 0.692. The van der Waals surface area contributed by atoms with Crippen LogP contribution in [0.15, 0.2) is 0 Å². The first-order valence-electron chi connectivity index (χ1n) is 6.71. The maximum Gasteiger partial charge on any atom is 0.224 e. The highest BCUT2D eigenvalue weighted by atomic mass is 35.5. The van der Waals surface area contributed by atoms with Crippen LogP contribution in [0.4, 0.5) is 5.82 Å². The number of aliphatic hydroxyl groups is 1. The molecule has 0 aromatic carbocycles. The predicted molar refractivity (Wildman–Crippen MR) is 73.9 cm³/mol. The van der Waals surface area contributed by atoms with Crippen LogP contribution >= 0.6 is 11.6 Å². The average Bonchev–Trinajstić information content (AvgIpc) is 2.77. The second kappa shape index (κ2) is 5.11. The molecule has 1 N–H and O–H groups in total. The van der Waals surface area contributed by atoms with Gasteiger partial charge in [-0.25, -0.2) is 9.97 Å². The normalized spacial score (nSPS) is 29.6. The van der Waals surface area contributed by atoms with Crippen molar-refractivity contribution in [1.29, 1.82) is 0 Å². The van der Waals surface area contributed by atoms with Gasteiger partial charge in [-0.15, -0.1) is 0 Å². The first kappa shape index (κ1) is 14.0. The van der Waals surface area contributed by atoms with Crippen molar-refractivity contribution in [1.82, 2.24) is 9.97 Å². The van der Waals surface area contributed by atoms with Crippen LogP contribution in [0, 0.1) is 0 Å². The number of halogens is 1. The van der Waals surface area contributed by atoms with E-state index in [4.69, 9.17) is 21.1 Å². The first-order chi connectivity index (χ1) is 9.55. The lowest BCUT2D eigenvalue weighted by Gasteiger charge is -2.35. The van der Waals surface area contributed by atoms with E-state index in [1.54, 1.807) is 0 Å². The lowest BCUT2D eigenvalue weighted by atomic mass is 10.0. The highest BCUT2D eigenvalue weighted by Crippen LogP contribution is 2.39. The molecule has 2 atom stereocenters. The van der Waals surface area contributed by atoms with Crippen molar-refractivity contribution >= 4 is 17.4 Å². The maximum atomic E-state index is 9.55. The molecular formula is C13H18ClN3O3. The zero-order chi connectivity index (χ0) is 14.3. The number of morpholine rings is 1. The zero-order valence-corrected chi connectivity index (χ0v) is 12.4. The summed E-state index contributed by atoms with van der Waals surface area (Å²) < 4.78 is 11.2. The SMILES string of the molecule is CC1COCCN1c1nc(Cl)nc2c1COC2(C)CO. The van der Waals surface area contributed by atoms with Gasteiger partial charge in [0.25, 0.3) is 0 Å². The Morgan fingerprint density at radius 3 is 3.00 bits per heavy atom. The number of nitrogens with zero attached hydrogens (tertiary/aromatic N) is 3. The smallest absolute Gasteiger partial charge is 0.224 e. The molecule has 1 fully saturated rings. The summed E-state index contributed by atoms with van der Waals surface area (Å²) >= 11 is 6.06. The second-order valence-corrected chi connectivity index (χ2v) is 5.78. The molecular weight excluding hydrogens is 282 g/mol. The maximum absolute atomic E-state index is 9.55. The topological polar surface area (TPSA) is 67.7 Å². The third kappa shape index (κ3) is 2.16. The molecule has 2 unspecified atom stereocenters. The summed E-state index contributed by atoms with van der Waals surface area (Å²) in [6, 6.07) is 0.222. The lowest BCUT2D eigenvalue weighted by molar-refractivity contribution is -0.0624. The summed E-state index contributed by atoms with van der Waals surface area (Å²) in [5.41, 5.74) is 0.806.